The third-order valence-electron chi connectivity index (χ3n) is 2.71. The number of alkyl halides is 3. The second-order valence-electron chi connectivity index (χ2n) is 4.13. The van der Waals surface area contributed by atoms with E-state index >= 15 is 0 Å². The maximum atomic E-state index is 12.2. The van der Waals surface area contributed by atoms with Crippen molar-refractivity contribution in [1.29, 1.82) is 0 Å². The summed E-state index contributed by atoms with van der Waals surface area (Å²) >= 11 is 5.54. The molecule has 0 unspecified atom stereocenters. The fourth-order valence-corrected chi connectivity index (χ4v) is 1.79. The van der Waals surface area contributed by atoms with E-state index in [1.54, 1.807) is 0 Å². The third kappa shape index (κ3) is 4.01. The monoisotopic (exact) mass is 342 g/mol. The lowest BCUT2D eigenvalue weighted by Crippen LogP contribution is -2.50. The van der Waals surface area contributed by atoms with Crippen molar-refractivity contribution >= 4 is 23.5 Å². The van der Waals surface area contributed by atoms with Gasteiger partial charge < -0.3 is 19.7 Å². The van der Waals surface area contributed by atoms with Crippen LogP contribution in [0.15, 0.2) is 18.2 Å². The number of halogens is 4. The van der Waals surface area contributed by atoms with Crippen molar-refractivity contribution in [2.24, 2.45) is 0 Å². The topological polar surface area (TPSA) is 93.1 Å². The molecule has 0 aromatic heterocycles. The van der Waals surface area contributed by atoms with E-state index in [1.807, 2.05) is 0 Å². The molecule has 1 aromatic carbocycles. The zero-order valence-corrected chi connectivity index (χ0v) is 11.7. The van der Waals surface area contributed by atoms with Crippen LogP contribution in [0.1, 0.15) is 5.56 Å². The van der Waals surface area contributed by atoms with Crippen molar-refractivity contribution in [3.05, 3.63) is 28.8 Å². The molecule has 0 saturated heterocycles. The Morgan fingerprint density at radius 3 is 2.18 bits per heavy atom. The van der Waals surface area contributed by atoms with Gasteiger partial charge in [0.15, 0.2) is 0 Å². The first-order valence-electron chi connectivity index (χ1n) is 5.58. The van der Waals surface area contributed by atoms with Crippen LogP contribution in [0.3, 0.4) is 0 Å². The van der Waals surface area contributed by atoms with E-state index in [0.717, 1.165) is 19.2 Å². The molecule has 2 N–H and O–H groups in total. The largest absolute Gasteiger partial charge is 0.573 e. The number of rotatable bonds is 6. The molecule has 0 aliphatic heterocycles. The first-order chi connectivity index (χ1) is 10.0. The molecule has 0 spiro atoms. The van der Waals surface area contributed by atoms with Crippen LogP contribution in [0.25, 0.3) is 0 Å². The minimum Gasteiger partial charge on any atom is -0.479 e. The quantitative estimate of drug-likeness (QED) is 0.771. The van der Waals surface area contributed by atoms with Crippen LogP contribution in [0, 0.1) is 0 Å². The average molecular weight is 343 g/mol. The van der Waals surface area contributed by atoms with Crippen LogP contribution in [0.5, 0.6) is 5.75 Å². The molecular weight excluding hydrogens is 333 g/mol. The maximum absolute atomic E-state index is 12.2. The Balaban J connectivity index is 3.20. The third-order valence-corrected chi connectivity index (χ3v) is 3.03. The van der Waals surface area contributed by atoms with E-state index in [-0.39, 0.29) is 10.6 Å². The van der Waals surface area contributed by atoms with Gasteiger partial charge in [-0.2, -0.15) is 0 Å². The molecule has 22 heavy (non-hydrogen) atoms. The van der Waals surface area contributed by atoms with E-state index in [1.165, 1.54) is 6.07 Å². The van der Waals surface area contributed by atoms with Crippen molar-refractivity contribution in [3.63, 3.8) is 0 Å². The molecule has 0 amide bonds. The van der Waals surface area contributed by atoms with Gasteiger partial charge in [-0.05, 0) is 17.7 Å². The molecule has 10 heteroatoms. The first-order valence-corrected chi connectivity index (χ1v) is 5.96. The first kappa shape index (κ1) is 18.1. The van der Waals surface area contributed by atoms with Gasteiger partial charge in [-0.1, -0.05) is 17.7 Å². The zero-order valence-electron chi connectivity index (χ0n) is 11.0. The fraction of sp³-hybridized carbons (Fsp3) is 0.333. The Kier molecular flexibility index (Phi) is 5.26. The summed E-state index contributed by atoms with van der Waals surface area (Å²) in [7, 11) is 0.866. The molecule has 0 bridgehead atoms. The van der Waals surface area contributed by atoms with Crippen LogP contribution in [-0.4, -0.2) is 41.2 Å². The van der Waals surface area contributed by atoms with Crippen LogP contribution >= 0.6 is 11.6 Å². The van der Waals surface area contributed by atoms with Gasteiger partial charge in [0.1, 0.15) is 5.75 Å². The van der Waals surface area contributed by atoms with Crippen LogP contribution in [0.4, 0.5) is 13.2 Å². The normalized spacial score (nSPS) is 12.0. The van der Waals surface area contributed by atoms with E-state index in [4.69, 9.17) is 21.8 Å². The number of aliphatic carboxylic acids is 2. The molecule has 6 nitrogen and oxygen atoms in total. The minimum absolute atomic E-state index is 0.0738. The van der Waals surface area contributed by atoms with Crippen molar-refractivity contribution < 1.29 is 42.4 Å². The highest BCUT2D eigenvalue weighted by Gasteiger charge is 2.47. The molecule has 0 heterocycles. The zero-order chi connectivity index (χ0) is 17.1. The van der Waals surface area contributed by atoms with Crippen LogP contribution in [0.2, 0.25) is 5.02 Å². The Morgan fingerprint density at radius 1 is 1.23 bits per heavy atom. The average Bonchev–Trinajstić information content (AvgIpc) is 2.37. The number of ether oxygens (including phenoxy) is 2. The summed E-state index contributed by atoms with van der Waals surface area (Å²) in [5.74, 6) is -4.36. The summed E-state index contributed by atoms with van der Waals surface area (Å²) in [5.41, 5.74) is -2.71. The minimum atomic E-state index is -5.00. The standard InChI is InChI=1S/C12H10ClF3O6/c1-21-11(9(17)18,10(19)20)5-6-2-3-7(13)8(4-6)22-12(14,15)16/h2-4H,5H2,1H3,(H,17,18)(H,19,20). The van der Waals surface area contributed by atoms with E-state index in [2.05, 4.69) is 9.47 Å². The number of methoxy groups -OCH3 is 1. The van der Waals surface area contributed by atoms with Gasteiger partial charge in [0.05, 0.1) is 5.02 Å². The van der Waals surface area contributed by atoms with Crippen molar-refractivity contribution in [2.45, 2.75) is 18.4 Å². The predicted octanol–water partition coefficient (Wildman–Crippen LogP) is 2.34. The predicted molar refractivity (Wildman–Crippen MR) is 66.9 cm³/mol. The summed E-state index contributed by atoms with van der Waals surface area (Å²) in [6.45, 7) is 0. The molecule has 122 valence electrons. The lowest BCUT2D eigenvalue weighted by Gasteiger charge is -2.23. The molecular formula is C12H10ClF3O6. The number of carboxylic acid groups (broad SMARTS) is 2. The Morgan fingerprint density at radius 2 is 1.77 bits per heavy atom. The number of carbonyl (C=O) groups is 2. The second-order valence-corrected chi connectivity index (χ2v) is 4.54. The number of carboxylic acids is 2. The highest BCUT2D eigenvalue weighted by atomic mass is 35.5. The fourth-order valence-electron chi connectivity index (χ4n) is 1.64. The molecule has 1 rings (SSSR count). The van der Waals surface area contributed by atoms with Gasteiger partial charge in [0.2, 0.25) is 0 Å². The Bertz CT molecular complexity index is 573. The molecule has 0 atom stereocenters. The second kappa shape index (κ2) is 6.41. The number of hydrogen-bond donors (Lipinski definition) is 2. The van der Waals surface area contributed by atoms with Gasteiger partial charge in [-0.3, -0.25) is 0 Å². The Labute approximate surface area is 127 Å². The summed E-state index contributed by atoms with van der Waals surface area (Å²) in [4.78, 5) is 22.3. The summed E-state index contributed by atoms with van der Waals surface area (Å²) in [6, 6.07) is 3.00. The molecule has 0 aliphatic rings. The maximum Gasteiger partial charge on any atom is 0.573 e. The molecule has 0 fully saturated rings. The highest BCUT2D eigenvalue weighted by molar-refractivity contribution is 6.32. The number of benzene rings is 1. The van der Waals surface area contributed by atoms with E-state index in [9.17, 15) is 22.8 Å². The van der Waals surface area contributed by atoms with Gasteiger partial charge in [0, 0.05) is 13.5 Å². The molecule has 0 aliphatic carbocycles. The van der Waals surface area contributed by atoms with Crippen LogP contribution in [-0.2, 0) is 20.7 Å². The van der Waals surface area contributed by atoms with Crippen molar-refractivity contribution in [3.8, 4) is 5.75 Å². The molecule has 1 aromatic rings. The summed E-state index contributed by atoms with van der Waals surface area (Å²) in [5, 5.41) is 17.7. The van der Waals surface area contributed by atoms with Crippen molar-refractivity contribution in [1.82, 2.24) is 0 Å². The van der Waals surface area contributed by atoms with Crippen molar-refractivity contribution in [2.75, 3.05) is 7.11 Å². The molecule has 0 saturated carbocycles. The Hall–Kier alpha value is -2.00. The van der Waals surface area contributed by atoms with Gasteiger partial charge in [0.25, 0.3) is 5.60 Å². The van der Waals surface area contributed by atoms with Gasteiger partial charge in [-0.25, -0.2) is 9.59 Å². The smallest absolute Gasteiger partial charge is 0.479 e. The highest BCUT2D eigenvalue weighted by Crippen LogP contribution is 2.32. The lowest BCUT2D eigenvalue weighted by molar-refractivity contribution is -0.274. The van der Waals surface area contributed by atoms with Gasteiger partial charge >= 0.3 is 18.3 Å². The van der Waals surface area contributed by atoms with Gasteiger partial charge in [-0.15, -0.1) is 13.2 Å². The summed E-state index contributed by atoms with van der Waals surface area (Å²) < 4.78 is 44.9. The molecule has 0 radical (unpaired) electrons. The van der Waals surface area contributed by atoms with E-state index in [0.29, 0.717) is 0 Å². The summed E-state index contributed by atoms with van der Waals surface area (Å²) in [6.07, 6.45) is -5.72. The van der Waals surface area contributed by atoms with Crippen LogP contribution < -0.4 is 4.74 Å². The lowest BCUT2D eigenvalue weighted by atomic mass is 9.94. The number of hydrogen-bond acceptors (Lipinski definition) is 4. The van der Waals surface area contributed by atoms with E-state index < -0.39 is 36.1 Å². The SMILES string of the molecule is COC(Cc1ccc(Cl)c(OC(F)(F)F)c1)(C(=O)O)C(=O)O.